The summed E-state index contributed by atoms with van der Waals surface area (Å²) in [6.45, 7) is 2.08. The highest BCUT2D eigenvalue weighted by molar-refractivity contribution is 7.99. The number of amides is 2. The fourth-order valence-electron chi connectivity index (χ4n) is 2.93. The van der Waals surface area contributed by atoms with E-state index in [1.165, 1.54) is 0 Å². The summed E-state index contributed by atoms with van der Waals surface area (Å²) in [6, 6.07) is 3.48. The second-order valence-corrected chi connectivity index (χ2v) is 7.20. The minimum absolute atomic E-state index is 0.137. The number of likely N-dealkylation sites (tertiary alicyclic amines) is 1. The van der Waals surface area contributed by atoms with Gasteiger partial charge in [0, 0.05) is 38.0 Å². The Morgan fingerprint density at radius 2 is 2.42 bits per heavy atom. The van der Waals surface area contributed by atoms with Crippen molar-refractivity contribution in [2.75, 3.05) is 31.1 Å². The van der Waals surface area contributed by atoms with Gasteiger partial charge < -0.3 is 15.0 Å². The van der Waals surface area contributed by atoms with Crippen molar-refractivity contribution in [3.05, 3.63) is 23.9 Å². The third-order valence-corrected chi connectivity index (χ3v) is 5.38. The van der Waals surface area contributed by atoms with Gasteiger partial charge in [-0.2, -0.15) is 11.8 Å². The van der Waals surface area contributed by atoms with Crippen molar-refractivity contribution in [2.45, 2.75) is 31.8 Å². The maximum atomic E-state index is 12.4. The molecule has 7 heteroatoms. The smallest absolute Gasteiger partial charge is 0.256 e. The second-order valence-electron chi connectivity index (χ2n) is 6.05. The molecule has 0 bridgehead atoms. The Bertz CT molecular complexity index is 590. The van der Waals surface area contributed by atoms with Crippen molar-refractivity contribution in [3.8, 4) is 5.88 Å². The number of rotatable bonds is 7. The van der Waals surface area contributed by atoms with E-state index in [1.807, 2.05) is 16.7 Å². The summed E-state index contributed by atoms with van der Waals surface area (Å²) in [4.78, 5) is 30.0. The van der Waals surface area contributed by atoms with Crippen LogP contribution in [0, 0.1) is 0 Å². The zero-order valence-corrected chi connectivity index (χ0v) is 14.5. The minimum Gasteiger partial charge on any atom is -0.473 e. The second kappa shape index (κ2) is 8.37. The van der Waals surface area contributed by atoms with Gasteiger partial charge in [-0.3, -0.25) is 9.59 Å². The van der Waals surface area contributed by atoms with Crippen molar-refractivity contribution in [1.82, 2.24) is 15.2 Å². The summed E-state index contributed by atoms with van der Waals surface area (Å²) in [5.41, 5.74) is 0.478. The molecule has 0 aliphatic carbocycles. The van der Waals surface area contributed by atoms with E-state index < -0.39 is 0 Å². The summed E-state index contributed by atoms with van der Waals surface area (Å²) < 4.78 is 5.88. The van der Waals surface area contributed by atoms with E-state index in [9.17, 15) is 9.59 Å². The van der Waals surface area contributed by atoms with Gasteiger partial charge in [0.1, 0.15) is 11.7 Å². The predicted octanol–water partition coefficient (Wildman–Crippen LogP) is 1.71. The Hall–Kier alpha value is -1.76. The largest absolute Gasteiger partial charge is 0.473 e. The molecule has 1 atom stereocenters. The predicted molar refractivity (Wildman–Crippen MR) is 93.4 cm³/mol. The highest BCUT2D eigenvalue weighted by Crippen LogP contribution is 2.24. The molecular formula is C17H23N3O3S. The van der Waals surface area contributed by atoms with E-state index >= 15 is 0 Å². The summed E-state index contributed by atoms with van der Waals surface area (Å²) in [7, 11) is 0. The number of carbonyl (C=O) groups excluding carboxylic acids is 2. The van der Waals surface area contributed by atoms with Crippen LogP contribution in [0.4, 0.5) is 0 Å². The number of aromatic nitrogens is 1. The summed E-state index contributed by atoms with van der Waals surface area (Å²) in [5, 5.41) is 2.90. The van der Waals surface area contributed by atoms with E-state index in [0.717, 1.165) is 37.3 Å². The minimum atomic E-state index is -0.170. The number of nitrogens with zero attached hydrogens (tertiary/aromatic N) is 2. The Kier molecular flexibility index (Phi) is 5.96. The first kappa shape index (κ1) is 17.1. The highest BCUT2D eigenvalue weighted by atomic mass is 32.2. The lowest BCUT2D eigenvalue weighted by Crippen LogP contribution is -2.31. The lowest BCUT2D eigenvalue weighted by atomic mass is 10.2. The van der Waals surface area contributed by atoms with Gasteiger partial charge in [0.15, 0.2) is 0 Å². The third kappa shape index (κ3) is 4.41. The normalized spacial score (nSPS) is 20.4. The number of ether oxygens (including phenoxy) is 1. The first-order chi connectivity index (χ1) is 11.7. The van der Waals surface area contributed by atoms with Crippen LogP contribution in [0.5, 0.6) is 5.88 Å². The third-order valence-electron chi connectivity index (χ3n) is 4.24. The topological polar surface area (TPSA) is 71.5 Å². The zero-order chi connectivity index (χ0) is 16.8. The highest BCUT2D eigenvalue weighted by Gasteiger charge is 2.22. The molecule has 2 aliphatic rings. The molecule has 130 valence electrons. The van der Waals surface area contributed by atoms with Crippen LogP contribution < -0.4 is 10.1 Å². The number of pyridine rings is 1. The molecule has 0 unspecified atom stereocenters. The van der Waals surface area contributed by atoms with E-state index in [1.54, 1.807) is 18.3 Å². The monoisotopic (exact) mass is 349 g/mol. The maximum Gasteiger partial charge on any atom is 0.256 e. The number of thioether (sulfide) groups is 1. The van der Waals surface area contributed by atoms with Crippen LogP contribution in [-0.4, -0.2) is 58.9 Å². The van der Waals surface area contributed by atoms with Gasteiger partial charge >= 0.3 is 0 Å². The van der Waals surface area contributed by atoms with Crippen LogP contribution >= 0.6 is 11.8 Å². The average molecular weight is 349 g/mol. The molecular weight excluding hydrogens is 326 g/mol. The molecule has 0 radical (unpaired) electrons. The van der Waals surface area contributed by atoms with Crippen LogP contribution in [0.15, 0.2) is 18.3 Å². The van der Waals surface area contributed by atoms with Crippen molar-refractivity contribution >= 4 is 23.6 Å². The summed E-state index contributed by atoms with van der Waals surface area (Å²) in [6.07, 6.45) is 5.13. The molecule has 3 heterocycles. The Morgan fingerprint density at radius 3 is 3.17 bits per heavy atom. The Labute approximate surface area is 146 Å². The summed E-state index contributed by atoms with van der Waals surface area (Å²) >= 11 is 1.86. The Morgan fingerprint density at radius 1 is 1.50 bits per heavy atom. The molecule has 6 nitrogen and oxygen atoms in total. The van der Waals surface area contributed by atoms with E-state index in [-0.39, 0.29) is 17.9 Å². The molecule has 2 fully saturated rings. The molecule has 1 aromatic heterocycles. The van der Waals surface area contributed by atoms with Crippen molar-refractivity contribution in [1.29, 1.82) is 0 Å². The molecule has 2 amide bonds. The van der Waals surface area contributed by atoms with Crippen molar-refractivity contribution < 1.29 is 14.3 Å². The van der Waals surface area contributed by atoms with Gasteiger partial charge in [0.05, 0.1) is 0 Å². The number of hydrogen-bond acceptors (Lipinski definition) is 5. The van der Waals surface area contributed by atoms with E-state index in [2.05, 4.69) is 10.3 Å². The quantitative estimate of drug-likeness (QED) is 0.759. The maximum absolute atomic E-state index is 12.4. The number of hydrogen-bond donors (Lipinski definition) is 1. The SMILES string of the molecule is O=C(NCCCN1CCCC1=O)c1cccnc1O[C@H]1CCSC1. The van der Waals surface area contributed by atoms with Gasteiger partial charge in [-0.05, 0) is 37.1 Å². The van der Waals surface area contributed by atoms with Crippen LogP contribution in [0.3, 0.4) is 0 Å². The van der Waals surface area contributed by atoms with Gasteiger partial charge in [0.25, 0.3) is 5.91 Å². The van der Waals surface area contributed by atoms with Gasteiger partial charge in [-0.1, -0.05) is 0 Å². The van der Waals surface area contributed by atoms with Crippen molar-refractivity contribution in [2.24, 2.45) is 0 Å². The standard InChI is InChI=1S/C17H23N3O3S/c21-15-5-2-9-20(15)10-3-8-18-16(22)14-4-1-7-19-17(14)23-13-6-11-24-12-13/h1,4,7,13H,2-3,5-6,8-12H2,(H,18,22)/t13-/m0/s1. The van der Waals surface area contributed by atoms with Gasteiger partial charge in [0.2, 0.25) is 11.8 Å². The van der Waals surface area contributed by atoms with Crippen LogP contribution in [0.1, 0.15) is 36.0 Å². The fraction of sp³-hybridized carbons (Fsp3) is 0.588. The average Bonchev–Trinajstić information content (AvgIpc) is 3.24. The summed E-state index contributed by atoms with van der Waals surface area (Å²) in [5.74, 6) is 2.50. The first-order valence-electron chi connectivity index (χ1n) is 8.49. The number of carbonyl (C=O) groups is 2. The van der Waals surface area contributed by atoms with Gasteiger partial charge in [-0.25, -0.2) is 4.98 Å². The lowest BCUT2D eigenvalue weighted by Gasteiger charge is -2.16. The lowest BCUT2D eigenvalue weighted by molar-refractivity contribution is -0.127. The van der Waals surface area contributed by atoms with E-state index in [4.69, 9.17) is 4.74 Å². The molecule has 0 aromatic carbocycles. The van der Waals surface area contributed by atoms with E-state index in [0.29, 0.717) is 31.0 Å². The molecule has 3 rings (SSSR count). The molecule has 1 N–H and O–H groups in total. The Balaban J connectivity index is 1.48. The van der Waals surface area contributed by atoms with Crippen LogP contribution in [-0.2, 0) is 4.79 Å². The zero-order valence-electron chi connectivity index (χ0n) is 13.7. The van der Waals surface area contributed by atoms with Crippen LogP contribution in [0.25, 0.3) is 0 Å². The van der Waals surface area contributed by atoms with Gasteiger partial charge in [-0.15, -0.1) is 0 Å². The van der Waals surface area contributed by atoms with Crippen molar-refractivity contribution in [3.63, 3.8) is 0 Å². The molecule has 0 spiro atoms. The fourth-order valence-corrected chi connectivity index (χ4v) is 4.02. The molecule has 1 aromatic rings. The molecule has 0 saturated carbocycles. The molecule has 2 saturated heterocycles. The number of nitrogens with one attached hydrogen (secondary N) is 1. The molecule has 24 heavy (non-hydrogen) atoms. The molecule has 2 aliphatic heterocycles. The first-order valence-corrected chi connectivity index (χ1v) is 9.65. The van der Waals surface area contributed by atoms with Crippen LogP contribution in [0.2, 0.25) is 0 Å².